The number of benzene rings is 1. The van der Waals surface area contributed by atoms with E-state index < -0.39 is 0 Å². The van der Waals surface area contributed by atoms with Gasteiger partial charge in [0.25, 0.3) is 0 Å². The van der Waals surface area contributed by atoms with Crippen LogP contribution in [0.1, 0.15) is 39.7 Å². The Morgan fingerprint density at radius 1 is 1.26 bits per heavy atom. The van der Waals surface area contributed by atoms with Crippen molar-refractivity contribution >= 4 is 5.96 Å². The fraction of sp³-hybridized carbons (Fsp3) is 0.611. The van der Waals surface area contributed by atoms with E-state index in [4.69, 9.17) is 15.2 Å². The molecule has 2 rings (SSSR count). The van der Waals surface area contributed by atoms with Crippen LogP contribution >= 0.6 is 0 Å². The van der Waals surface area contributed by atoms with Crippen LogP contribution in [0.3, 0.4) is 0 Å². The van der Waals surface area contributed by atoms with Gasteiger partial charge in [0, 0.05) is 12.0 Å². The Hall–Kier alpha value is -1.91. The molecule has 1 aromatic rings. The topological polar surface area (TPSA) is 68.9 Å². The van der Waals surface area contributed by atoms with Crippen LogP contribution in [-0.4, -0.2) is 32.3 Å². The molecule has 23 heavy (non-hydrogen) atoms. The number of nitrogens with one attached hydrogen (secondary N) is 1. The van der Waals surface area contributed by atoms with Crippen LogP contribution in [0.25, 0.3) is 0 Å². The largest absolute Gasteiger partial charge is 0.486 e. The monoisotopic (exact) mass is 319 g/mol. The standard InChI is InChI=1S/C18H29N3O2/c1-13(2)7-8-20-17(19)21-12-18(3,4)14-5-6-15-16(11-14)23-10-9-22-15/h5-6,11,13H,7-10,12H2,1-4H3,(H3,19,20,21). The van der Waals surface area contributed by atoms with E-state index >= 15 is 0 Å². The molecule has 3 N–H and O–H groups in total. The minimum Gasteiger partial charge on any atom is -0.486 e. The van der Waals surface area contributed by atoms with Crippen molar-refractivity contribution in [3.05, 3.63) is 23.8 Å². The first-order valence-corrected chi connectivity index (χ1v) is 8.32. The number of hydrogen-bond donors (Lipinski definition) is 2. The van der Waals surface area contributed by atoms with Gasteiger partial charge in [-0.3, -0.25) is 4.99 Å². The van der Waals surface area contributed by atoms with Crippen LogP contribution in [0.15, 0.2) is 23.2 Å². The molecule has 1 aliphatic rings. The molecular formula is C18H29N3O2. The number of guanidine groups is 1. The third-order valence-corrected chi connectivity index (χ3v) is 4.00. The third kappa shape index (κ3) is 5.05. The van der Waals surface area contributed by atoms with E-state index in [0.717, 1.165) is 24.5 Å². The number of rotatable bonds is 6. The first-order valence-electron chi connectivity index (χ1n) is 8.32. The van der Waals surface area contributed by atoms with Crippen molar-refractivity contribution in [2.24, 2.45) is 16.6 Å². The molecule has 128 valence electrons. The van der Waals surface area contributed by atoms with Gasteiger partial charge in [-0.15, -0.1) is 0 Å². The van der Waals surface area contributed by atoms with Crippen LogP contribution < -0.4 is 20.5 Å². The Labute approximate surface area is 139 Å². The Morgan fingerprint density at radius 3 is 2.65 bits per heavy atom. The first kappa shape index (κ1) is 17.4. The summed E-state index contributed by atoms with van der Waals surface area (Å²) < 4.78 is 11.2. The van der Waals surface area contributed by atoms with Gasteiger partial charge < -0.3 is 20.5 Å². The molecule has 1 heterocycles. The third-order valence-electron chi connectivity index (χ3n) is 4.00. The molecule has 0 aliphatic carbocycles. The maximum absolute atomic E-state index is 5.95. The molecule has 0 fully saturated rings. The van der Waals surface area contributed by atoms with Crippen molar-refractivity contribution in [3.8, 4) is 11.5 Å². The van der Waals surface area contributed by atoms with Crippen molar-refractivity contribution in [2.45, 2.75) is 39.5 Å². The summed E-state index contributed by atoms with van der Waals surface area (Å²) in [5, 5.41) is 3.17. The zero-order valence-electron chi connectivity index (χ0n) is 14.7. The number of nitrogens with zero attached hydrogens (tertiary/aromatic N) is 1. The number of hydrogen-bond acceptors (Lipinski definition) is 3. The van der Waals surface area contributed by atoms with Crippen LogP contribution in [0.2, 0.25) is 0 Å². The van der Waals surface area contributed by atoms with Gasteiger partial charge in [0.05, 0.1) is 6.54 Å². The summed E-state index contributed by atoms with van der Waals surface area (Å²) in [7, 11) is 0. The minimum atomic E-state index is -0.125. The Balaban J connectivity index is 1.98. The molecule has 0 unspecified atom stereocenters. The van der Waals surface area contributed by atoms with Crippen LogP contribution in [-0.2, 0) is 5.41 Å². The van der Waals surface area contributed by atoms with Gasteiger partial charge in [-0.25, -0.2) is 0 Å². The number of nitrogens with two attached hydrogens (primary N) is 1. The van der Waals surface area contributed by atoms with E-state index in [1.54, 1.807) is 0 Å². The van der Waals surface area contributed by atoms with Gasteiger partial charge in [-0.2, -0.15) is 0 Å². The summed E-state index contributed by atoms with van der Waals surface area (Å²) in [6, 6.07) is 6.09. The van der Waals surface area contributed by atoms with Crippen molar-refractivity contribution in [1.82, 2.24) is 5.32 Å². The predicted octanol–water partition coefficient (Wildman–Crippen LogP) is 2.69. The maximum atomic E-state index is 5.95. The van der Waals surface area contributed by atoms with Crippen molar-refractivity contribution < 1.29 is 9.47 Å². The molecule has 1 aliphatic heterocycles. The van der Waals surface area contributed by atoms with E-state index in [0.29, 0.717) is 31.6 Å². The lowest BCUT2D eigenvalue weighted by atomic mass is 9.84. The van der Waals surface area contributed by atoms with E-state index in [1.165, 1.54) is 5.56 Å². The van der Waals surface area contributed by atoms with Gasteiger partial charge in [0.15, 0.2) is 17.5 Å². The smallest absolute Gasteiger partial charge is 0.188 e. The molecule has 0 saturated heterocycles. The summed E-state index contributed by atoms with van der Waals surface area (Å²) in [6.07, 6.45) is 1.09. The Bertz CT molecular complexity index is 553. The summed E-state index contributed by atoms with van der Waals surface area (Å²) >= 11 is 0. The van der Waals surface area contributed by atoms with Crippen molar-refractivity contribution in [3.63, 3.8) is 0 Å². The zero-order valence-corrected chi connectivity index (χ0v) is 14.7. The lowest BCUT2D eigenvalue weighted by Gasteiger charge is -2.26. The lowest BCUT2D eigenvalue weighted by Crippen LogP contribution is -2.34. The average Bonchev–Trinajstić information content (AvgIpc) is 2.52. The van der Waals surface area contributed by atoms with Crippen LogP contribution in [0, 0.1) is 5.92 Å². The van der Waals surface area contributed by atoms with Gasteiger partial charge in [0.1, 0.15) is 13.2 Å². The van der Waals surface area contributed by atoms with Gasteiger partial charge in [-0.1, -0.05) is 33.8 Å². The van der Waals surface area contributed by atoms with Gasteiger partial charge in [-0.05, 0) is 30.0 Å². The second-order valence-corrected chi connectivity index (χ2v) is 7.05. The molecule has 0 amide bonds. The second-order valence-electron chi connectivity index (χ2n) is 7.05. The molecule has 0 bridgehead atoms. The fourth-order valence-corrected chi connectivity index (χ4v) is 2.38. The van der Waals surface area contributed by atoms with Crippen LogP contribution in [0.5, 0.6) is 11.5 Å². The molecule has 0 saturated carbocycles. The average molecular weight is 319 g/mol. The molecule has 5 nitrogen and oxygen atoms in total. The highest BCUT2D eigenvalue weighted by Crippen LogP contribution is 2.35. The zero-order chi connectivity index (χ0) is 16.9. The van der Waals surface area contributed by atoms with E-state index in [2.05, 4.69) is 44.1 Å². The van der Waals surface area contributed by atoms with Gasteiger partial charge in [0.2, 0.25) is 0 Å². The number of fused-ring (bicyclic) bond motifs is 1. The number of ether oxygens (including phenoxy) is 2. The fourth-order valence-electron chi connectivity index (χ4n) is 2.38. The SMILES string of the molecule is CC(C)CCNC(N)=NCC(C)(C)c1ccc2c(c1)OCCO2. The highest BCUT2D eigenvalue weighted by atomic mass is 16.6. The molecule has 1 aromatic carbocycles. The maximum Gasteiger partial charge on any atom is 0.188 e. The molecule has 0 aromatic heterocycles. The van der Waals surface area contributed by atoms with Crippen molar-refractivity contribution in [2.75, 3.05) is 26.3 Å². The predicted molar refractivity (Wildman–Crippen MR) is 94.4 cm³/mol. The minimum absolute atomic E-state index is 0.125. The van der Waals surface area contributed by atoms with E-state index in [1.807, 2.05) is 12.1 Å². The lowest BCUT2D eigenvalue weighted by molar-refractivity contribution is 0.171. The second kappa shape index (κ2) is 7.57. The normalized spacial score (nSPS) is 14.9. The Kier molecular flexibility index (Phi) is 5.74. The summed E-state index contributed by atoms with van der Waals surface area (Å²) in [5.74, 6) is 2.80. The summed E-state index contributed by atoms with van der Waals surface area (Å²) in [4.78, 5) is 4.49. The molecule has 0 spiro atoms. The van der Waals surface area contributed by atoms with Crippen molar-refractivity contribution in [1.29, 1.82) is 0 Å². The molecular weight excluding hydrogens is 290 g/mol. The first-order chi connectivity index (χ1) is 10.9. The summed E-state index contributed by atoms with van der Waals surface area (Å²) in [6.45, 7) is 11.4. The summed E-state index contributed by atoms with van der Waals surface area (Å²) in [5.41, 5.74) is 6.99. The molecule has 5 heteroatoms. The highest BCUT2D eigenvalue weighted by Gasteiger charge is 2.23. The molecule has 0 radical (unpaired) electrons. The van der Waals surface area contributed by atoms with E-state index in [9.17, 15) is 0 Å². The highest BCUT2D eigenvalue weighted by molar-refractivity contribution is 5.77. The number of aliphatic imine (C=N–C) groups is 1. The van der Waals surface area contributed by atoms with Crippen LogP contribution in [0.4, 0.5) is 0 Å². The van der Waals surface area contributed by atoms with E-state index in [-0.39, 0.29) is 5.41 Å². The quantitative estimate of drug-likeness (QED) is 0.625. The molecule has 0 atom stereocenters. The van der Waals surface area contributed by atoms with Gasteiger partial charge >= 0.3 is 0 Å². The Morgan fingerprint density at radius 2 is 1.96 bits per heavy atom.